The second kappa shape index (κ2) is 5.59. The van der Waals surface area contributed by atoms with Crippen molar-refractivity contribution in [1.82, 2.24) is 0 Å². The molecule has 0 unspecified atom stereocenters. The monoisotopic (exact) mass is 196 g/mol. The minimum atomic E-state index is -0.160. The highest BCUT2D eigenvalue weighted by atomic mass is 16.5. The van der Waals surface area contributed by atoms with E-state index in [1.807, 2.05) is 24.3 Å². The van der Waals surface area contributed by atoms with Gasteiger partial charge in [-0.3, -0.25) is 0 Å². The highest BCUT2D eigenvalue weighted by Gasteiger charge is 2.04. The molecule has 0 aliphatic heterocycles. The first-order valence-electron chi connectivity index (χ1n) is 4.57. The third-order valence-corrected chi connectivity index (χ3v) is 1.90. The molecule has 0 fully saturated rings. The molecule has 1 aromatic carbocycles. The second-order valence-corrected chi connectivity index (χ2v) is 2.99. The summed E-state index contributed by atoms with van der Waals surface area (Å²) in [5.74, 6) is 0.709. The van der Waals surface area contributed by atoms with Crippen molar-refractivity contribution in [1.29, 1.82) is 0 Å². The molecule has 0 aliphatic carbocycles. The lowest BCUT2D eigenvalue weighted by atomic mass is 10.1. The molecule has 78 valence electrons. The van der Waals surface area contributed by atoms with Crippen molar-refractivity contribution in [2.75, 3.05) is 19.8 Å². The van der Waals surface area contributed by atoms with Crippen LogP contribution < -0.4 is 16.2 Å². The average molecular weight is 196 g/mol. The van der Waals surface area contributed by atoms with Gasteiger partial charge in [-0.05, 0) is 17.7 Å². The number of benzene rings is 1. The molecule has 0 heterocycles. The maximum absolute atomic E-state index is 8.58. The molecule has 4 nitrogen and oxygen atoms in total. The lowest BCUT2D eigenvalue weighted by molar-refractivity contribution is 0.201. The Morgan fingerprint density at radius 3 is 2.86 bits per heavy atom. The fourth-order valence-electron chi connectivity index (χ4n) is 1.13. The lowest BCUT2D eigenvalue weighted by Crippen LogP contribution is -2.20. The number of rotatable bonds is 5. The van der Waals surface area contributed by atoms with Crippen LogP contribution >= 0.6 is 0 Å². The first-order chi connectivity index (χ1) is 6.77. The highest BCUT2D eigenvalue weighted by Crippen LogP contribution is 2.17. The maximum Gasteiger partial charge on any atom is 0.119 e. The standard InChI is InChI=1S/C10H16N2O2/c11-7-10(12)8-2-1-3-9(6-8)14-5-4-13/h1-3,6,10,13H,4-5,7,11-12H2/t10-/m0/s1. The summed E-state index contributed by atoms with van der Waals surface area (Å²) in [5.41, 5.74) is 12.2. The van der Waals surface area contributed by atoms with Crippen molar-refractivity contribution in [3.05, 3.63) is 29.8 Å². The predicted octanol–water partition coefficient (Wildman–Crippen LogP) is 0.0162. The number of aliphatic hydroxyl groups excluding tert-OH is 1. The fraction of sp³-hybridized carbons (Fsp3) is 0.400. The molecule has 0 amide bonds. The van der Waals surface area contributed by atoms with Gasteiger partial charge in [0.25, 0.3) is 0 Å². The summed E-state index contributed by atoms with van der Waals surface area (Å²) in [4.78, 5) is 0. The van der Waals surface area contributed by atoms with Crippen LogP contribution in [0.3, 0.4) is 0 Å². The van der Waals surface area contributed by atoms with Gasteiger partial charge in [-0.15, -0.1) is 0 Å². The largest absolute Gasteiger partial charge is 0.491 e. The lowest BCUT2D eigenvalue weighted by Gasteiger charge is -2.11. The summed E-state index contributed by atoms with van der Waals surface area (Å²) >= 11 is 0. The summed E-state index contributed by atoms with van der Waals surface area (Å²) in [6.07, 6.45) is 0. The Morgan fingerprint density at radius 2 is 2.21 bits per heavy atom. The molecule has 1 aromatic rings. The molecule has 0 radical (unpaired) electrons. The first kappa shape index (κ1) is 11.0. The SMILES string of the molecule is NC[C@H](N)c1cccc(OCCO)c1. The summed E-state index contributed by atoms with van der Waals surface area (Å²) in [6.45, 7) is 0.706. The molecule has 4 heteroatoms. The zero-order valence-corrected chi connectivity index (χ0v) is 8.02. The van der Waals surface area contributed by atoms with Crippen LogP contribution in [0.1, 0.15) is 11.6 Å². The number of aliphatic hydroxyl groups is 1. The number of hydrogen-bond acceptors (Lipinski definition) is 4. The van der Waals surface area contributed by atoms with E-state index < -0.39 is 0 Å². The van der Waals surface area contributed by atoms with Crippen LogP contribution in [0.5, 0.6) is 5.75 Å². The topological polar surface area (TPSA) is 81.5 Å². The Kier molecular flexibility index (Phi) is 4.39. The van der Waals surface area contributed by atoms with E-state index in [2.05, 4.69) is 0 Å². The van der Waals surface area contributed by atoms with E-state index >= 15 is 0 Å². The van der Waals surface area contributed by atoms with Crippen molar-refractivity contribution < 1.29 is 9.84 Å². The molecule has 0 aromatic heterocycles. The smallest absolute Gasteiger partial charge is 0.119 e. The fourth-order valence-corrected chi connectivity index (χ4v) is 1.13. The van der Waals surface area contributed by atoms with Gasteiger partial charge in [-0.1, -0.05) is 12.1 Å². The van der Waals surface area contributed by atoms with E-state index in [0.717, 1.165) is 5.56 Å². The minimum Gasteiger partial charge on any atom is -0.491 e. The normalized spacial score (nSPS) is 12.5. The summed E-state index contributed by atoms with van der Waals surface area (Å²) < 4.78 is 5.24. The molecular formula is C10H16N2O2. The number of nitrogens with two attached hydrogens (primary N) is 2. The van der Waals surface area contributed by atoms with E-state index in [1.165, 1.54) is 0 Å². The van der Waals surface area contributed by atoms with Crippen molar-refractivity contribution in [3.8, 4) is 5.75 Å². The van der Waals surface area contributed by atoms with Gasteiger partial charge in [0.1, 0.15) is 12.4 Å². The van der Waals surface area contributed by atoms with Gasteiger partial charge < -0.3 is 21.3 Å². The van der Waals surface area contributed by atoms with Gasteiger partial charge >= 0.3 is 0 Å². The quantitative estimate of drug-likeness (QED) is 0.620. The third kappa shape index (κ3) is 2.99. The molecule has 0 saturated heterocycles. The first-order valence-corrected chi connectivity index (χ1v) is 4.57. The van der Waals surface area contributed by atoms with E-state index in [0.29, 0.717) is 18.9 Å². The van der Waals surface area contributed by atoms with Gasteiger partial charge in [0, 0.05) is 12.6 Å². The van der Waals surface area contributed by atoms with Crippen LogP contribution in [0.4, 0.5) is 0 Å². The van der Waals surface area contributed by atoms with Crippen molar-refractivity contribution in [2.24, 2.45) is 11.5 Å². The number of ether oxygens (including phenoxy) is 1. The molecule has 0 spiro atoms. The van der Waals surface area contributed by atoms with Crippen LogP contribution in [-0.2, 0) is 0 Å². The number of hydrogen-bond donors (Lipinski definition) is 3. The maximum atomic E-state index is 8.58. The second-order valence-electron chi connectivity index (χ2n) is 2.99. The molecule has 14 heavy (non-hydrogen) atoms. The van der Waals surface area contributed by atoms with Gasteiger partial charge in [-0.2, -0.15) is 0 Å². The third-order valence-electron chi connectivity index (χ3n) is 1.90. The van der Waals surface area contributed by atoms with Crippen molar-refractivity contribution >= 4 is 0 Å². The van der Waals surface area contributed by atoms with Gasteiger partial charge in [-0.25, -0.2) is 0 Å². The van der Waals surface area contributed by atoms with Crippen LogP contribution in [-0.4, -0.2) is 24.9 Å². The van der Waals surface area contributed by atoms with E-state index in [-0.39, 0.29) is 12.6 Å². The summed E-state index contributed by atoms with van der Waals surface area (Å²) in [5, 5.41) is 8.58. The zero-order chi connectivity index (χ0) is 10.4. The Morgan fingerprint density at radius 1 is 1.43 bits per heavy atom. The van der Waals surface area contributed by atoms with E-state index in [9.17, 15) is 0 Å². The van der Waals surface area contributed by atoms with Crippen LogP contribution in [0.25, 0.3) is 0 Å². The van der Waals surface area contributed by atoms with Crippen LogP contribution in [0.2, 0.25) is 0 Å². The summed E-state index contributed by atoms with van der Waals surface area (Å²) in [6, 6.07) is 7.27. The molecule has 1 rings (SSSR count). The molecular weight excluding hydrogens is 180 g/mol. The Labute approximate surface area is 83.5 Å². The molecule has 1 atom stereocenters. The summed E-state index contributed by atoms with van der Waals surface area (Å²) in [7, 11) is 0. The van der Waals surface area contributed by atoms with Gasteiger partial charge in [0.15, 0.2) is 0 Å². The highest BCUT2D eigenvalue weighted by molar-refractivity contribution is 5.30. The van der Waals surface area contributed by atoms with Gasteiger partial charge in [0.2, 0.25) is 0 Å². The van der Waals surface area contributed by atoms with E-state index in [4.69, 9.17) is 21.3 Å². The minimum absolute atomic E-state index is 0.00711. The van der Waals surface area contributed by atoms with Crippen LogP contribution in [0, 0.1) is 0 Å². The Bertz CT molecular complexity index is 279. The van der Waals surface area contributed by atoms with Crippen molar-refractivity contribution in [2.45, 2.75) is 6.04 Å². The zero-order valence-electron chi connectivity index (χ0n) is 8.02. The molecule has 0 bridgehead atoms. The van der Waals surface area contributed by atoms with Crippen LogP contribution in [0.15, 0.2) is 24.3 Å². The van der Waals surface area contributed by atoms with Crippen molar-refractivity contribution in [3.63, 3.8) is 0 Å². The van der Waals surface area contributed by atoms with Gasteiger partial charge in [0.05, 0.1) is 6.61 Å². The molecule has 5 N–H and O–H groups in total. The average Bonchev–Trinajstić information content (AvgIpc) is 2.25. The molecule has 0 aliphatic rings. The molecule has 0 saturated carbocycles. The Balaban J connectivity index is 2.68. The van der Waals surface area contributed by atoms with E-state index in [1.54, 1.807) is 0 Å². The predicted molar refractivity (Wildman–Crippen MR) is 55.0 cm³/mol. The Hall–Kier alpha value is -1.10.